The van der Waals surface area contributed by atoms with Gasteiger partial charge in [-0.05, 0) is 30.3 Å². The van der Waals surface area contributed by atoms with E-state index in [1.807, 2.05) is 0 Å². The number of rotatable bonds is 2. The summed E-state index contributed by atoms with van der Waals surface area (Å²) in [5, 5.41) is 0. The number of hydrogen-bond acceptors (Lipinski definition) is 2. The van der Waals surface area contributed by atoms with Crippen LogP contribution in [-0.4, -0.2) is 5.78 Å². The van der Waals surface area contributed by atoms with Gasteiger partial charge in [0, 0.05) is 16.8 Å². The monoisotopic (exact) mass is 283 g/mol. The number of benzene rings is 2. The summed E-state index contributed by atoms with van der Waals surface area (Å²) in [4.78, 5) is 12.1. The van der Waals surface area contributed by atoms with E-state index in [0.717, 1.165) is 24.3 Å². The fraction of sp³-hybridized carbons (Fsp3) is 0.0714. The number of anilines is 1. The maximum absolute atomic E-state index is 13.1. The summed E-state index contributed by atoms with van der Waals surface area (Å²) in [7, 11) is 0. The molecule has 2 aromatic carbocycles. The van der Waals surface area contributed by atoms with Crippen molar-refractivity contribution in [1.29, 1.82) is 0 Å². The number of nitrogens with two attached hydrogens (primary N) is 1. The van der Waals surface area contributed by atoms with Crippen LogP contribution in [-0.2, 0) is 6.18 Å². The lowest BCUT2D eigenvalue weighted by atomic mass is 10.00. The van der Waals surface area contributed by atoms with Crippen LogP contribution in [0.5, 0.6) is 0 Å². The van der Waals surface area contributed by atoms with Crippen molar-refractivity contribution in [2.24, 2.45) is 0 Å². The molecule has 0 aliphatic carbocycles. The Bertz CT molecular complexity index is 664. The summed E-state index contributed by atoms with van der Waals surface area (Å²) < 4.78 is 50.8. The predicted octanol–water partition coefficient (Wildman–Crippen LogP) is 3.66. The Morgan fingerprint density at radius 2 is 1.75 bits per heavy atom. The first-order valence-electron chi connectivity index (χ1n) is 5.56. The molecule has 0 aliphatic rings. The number of halogens is 4. The Hall–Kier alpha value is -2.37. The summed E-state index contributed by atoms with van der Waals surface area (Å²) in [6.07, 6.45) is -4.55. The number of carbonyl (C=O) groups is 1. The van der Waals surface area contributed by atoms with E-state index in [2.05, 4.69) is 0 Å². The van der Waals surface area contributed by atoms with Crippen LogP contribution in [0.25, 0.3) is 0 Å². The van der Waals surface area contributed by atoms with Gasteiger partial charge in [-0.15, -0.1) is 0 Å². The van der Waals surface area contributed by atoms with Crippen molar-refractivity contribution in [3.63, 3.8) is 0 Å². The highest BCUT2D eigenvalue weighted by Gasteiger charge is 2.31. The Morgan fingerprint density at radius 3 is 2.40 bits per heavy atom. The van der Waals surface area contributed by atoms with Crippen LogP contribution in [0, 0.1) is 5.82 Å². The van der Waals surface area contributed by atoms with Crippen LogP contribution in [0.3, 0.4) is 0 Å². The van der Waals surface area contributed by atoms with Gasteiger partial charge in [0.15, 0.2) is 5.78 Å². The summed E-state index contributed by atoms with van der Waals surface area (Å²) in [6, 6.07) is 7.07. The van der Waals surface area contributed by atoms with Crippen molar-refractivity contribution in [1.82, 2.24) is 0 Å². The first-order valence-corrected chi connectivity index (χ1v) is 5.56. The van der Waals surface area contributed by atoms with Crippen molar-refractivity contribution in [3.05, 3.63) is 65.0 Å². The van der Waals surface area contributed by atoms with Crippen LogP contribution < -0.4 is 5.73 Å². The van der Waals surface area contributed by atoms with Gasteiger partial charge in [-0.2, -0.15) is 13.2 Å². The Kier molecular flexibility index (Phi) is 3.48. The molecule has 0 aliphatic heterocycles. The molecule has 0 unspecified atom stereocenters. The molecule has 0 amide bonds. The maximum Gasteiger partial charge on any atom is 0.416 e. The SMILES string of the molecule is Nc1ccc(F)cc1C(=O)c1cccc(C(F)(F)F)c1. The second-order valence-electron chi connectivity index (χ2n) is 4.14. The van der Waals surface area contributed by atoms with Crippen molar-refractivity contribution in [2.75, 3.05) is 5.73 Å². The highest BCUT2D eigenvalue weighted by molar-refractivity contribution is 6.12. The van der Waals surface area contributed by atoms with E-state index < -0.39 is 23.3 Å². The first-order chi connectivity index (χ1) is 9.29. The van der Waals surface area contributed by atoms with E-state index in [4.69, 9.17) is 5.73 Å². The minimum Gasteiger partial charge on any atom is -0.398 e. The zero-order chi connectivity index (χ0) is 14.9. The molecule has 0 saturated carbocycles. The van der Waals surface area contributed by atoms with E-state index >= 15 is 0 Å². The number of alkyl halides is 3. The lowest BCUT2D eigenvalue weighted by Gasteiger charge is -2.09. The van der Waals surface area contributed by atoms with Gasteiger partial charge in [-0.25, -0.2) is 4.39 Å². The number of hydrogen-bond donors (Lipinski definition) is 1. The van der Waals surface area contributed by atoms with Crippen LogP contribution in [0.2, 0.25) is 0 Å². The van der Waals surface area contributed by atoms with Crippen LogP contribution in [0.15, 0.2) is 42.5 Å². The van der Waals surface area contributed by atoms with E-state index in [1.165, 1.54) is 12.1 Å². The van der Waals surface area contributed by atoms with Crippen molar-refractivity contribution < 1.29 is 22.4 Å². The molecule has 0 aromatic heterocycles. The highest BCUT2D eigenvalue weighted by Crippen LogP contribution is 2.30. The van der Waals surface area contributed by atoms with E-state index in [-0.39, 0.29) is 16.8 Å². The summed E-state index contributed by atoms with van der Waals surface area (Å²) in [6.45, 7) is 0. The van der Waals surface area contributed by atoms with Gasteiger partial charge in [-0.3, -0.25) is 4.79 Å². The van der Waals surface area contributed by atoms with Crippen LogP contribution in [0.4, 0.5) is 23.2 Å². The molecule has 0 fully saturated rings. The van der Waals surface area contributed by atoms with E-state index in [9.17, 15) is 22.4 Å². The molecule has 2 N–H and O–H groups in total. The Morgan fingerprint density at radius 1 is 1.05 bits per heavy atom. The average molecular weight is 283 g/mol. The molecule has 0 radical (unpaired) electrons. The number of nitrogen functional groups attached to an aromatic ring is 1. The minimum atomic E-state index is -4.55. The molecule has 2 nitrogen and oxygen atoms in total. The van der Waals surface area contributed by atoms with Gasteiger partial charge in [0.2, 0.25) is 0 Å². The molecule has 0 heterocycles. The Balaban J connectivity index is 2.46. The number of ketones is 1. The molecule has 0 bridgehead atoms. The van der Waals surface area contributed by atoms with Gasteiger partial charge in [0.05, 0.1) is 5.56 Å². The fourth-order valence-electron chi connectivity index (χ4n) is 1.72. The van der Waals surface area contributed by atoms with Gasteiger partial charge < -0.3 is 5.73 Å². The second kappa shape index (κ2) is 4.96. The molecule has 20 heavy (non-hydrogen) atoms. The predicted molar refractivity (Wildman–Crippen MR) is 65.7 cm³/mol. The topological polar surface area (TPSA) is 43.1 Å². The molecule has 104 valence electrons. The van der Waals surface area contributed by atoms with Gasteiger partial charge >= 0.3 is 6.18 Å². The standard InChI is InChI=1S/C14H9F4NO/c15-10-4-5-12(19)11(7-10)13(20)8-2-1-3-9(6-8)14(16,17)18/h1-7H,19H2. The smallest absolute Gasteiger partial charge is 0.398 e. The molecule has 6 heteroatoms. The lowest BCUT2D eigenvalue weighted by Crippen LogP contribution is -2.09. The third-order valence-corrected chi connectivity index (χ3v) is 2.71. The Labute approximate surface area is 111 Å². The number of carbonyl (C=O) groups excluding carboxylic acids is 1. The third-order valence-electron chi connectivity index (χ3n) is 2.71. The highest BCUT2D eigenvalue weighted by atomic mass is 19.4. The first kappa shape index (κ1) is 14.0. The largest absolute Gasteiger partial charge is 0.416 e. The molecular formula is C14H9F4NO. The molecule has 2 aromatic rings. The van der Waals surface area contributed by atoms with Crippen molar-refractivity contribution in [2.45, 2.75) is 6.18 Å². The van der Waals surface area contributed by atoms with Crippen molar-refractivity contribution in [3.8, 4) is 0 Å². The van der Waals surface area contributed by atoms with Gasteiger partial charge in [-0.1, -0.05) is 12.1 Å². The van der Waals surface area contributed by atoms with E-state index in [0.29, 0.717) is 6.07 Å². The van der Waals surface area contributed by atoms with Crippen molar-refractivity contribution >= 4 is 11.5 Å². The molecule has 0 atom stereocenters. The molecule has 0 saturated heterocycles. The normalized spacial score (nSPS) is 11.4. The zero-order valence-corrected chi connectivity index (χ0v) is 10.0. The fourth-order valence-corrected chi connectivity index (χ4v) is 1.72. The minimum absolute atomic E-state index is 0.00816. The quantitative estimate of drug-likeness (QED) is 0.519. The van der Waals surface area contributed by atoms with Gasteiger partial charge in [0.25, 0.3) is 0 Å². The average Bonchev–Trinajstić information content (AvgIpc) is 2.40. The van der Waals surface area contributed by atoms with Crippen LogP contribution >= 0.6 is 0 Å². The molecule has 0 spiro atoms. The van der Waals surface area contributed by atoms with E-state index in [1.54, 1.807) is 0 Å². The summed E-state index contributed by atoms with van der Waals surface area (Å²) in [5.74, 6) is -1.44. The van der Waals surface area contributed by atoms with Crippen LogP contribution in [0.1, 0.15) is 21.5 Å². The summed E-state index contributed by atoms with van der Waals surface area (Å²) >= 11 is 0. The van der Waals surface area contributed by atoms with Gasteiger partial charge in [0.1, 0.15) is 5.82 Å². The summed E-state index contributed by atoms with van der Waals surface area (Å²) in [5.41, 5.74) is 4.24. The molecule has 2 rings (SSSR count). The zero-order valence-electron chi connectivity index (χ0n) is 10.0. The third kappa shape index (κ3) is 2.79. The molecular weight excluding hydrogens is 274 g/mol. The maximum atomic E-state index is 13.1. The second-order valence-corrected chi connectivity index (χ2v) is 4.14. The lowest BCUT2D eigenvalue weighted by molar-refractivity contribution is -0.137.